The Morgan fingerprint density at radius 1 is 1.41 bits per heavy atom. The third-order valence-corrected chi connectivity index (χ3v) is 7.50. The van der Waals surface area contributed by atoms with Crippen molar-refractivity contribution in [1.82, 2.24) is 15.2 Å². The van der Waals surface area contributed by atoms with E-state index in [0.29, 0.717) is 0 Å². The van der Waals surface area contributed by atoms with Crippen molar-refractivity contribution in [1.29, 1.82) is 0 Å². The molecule has 1 aliphatic heterocycles. The average molecular weight is 419 g/mol. The lowest BCUT2D eigenvalue weighted by molar-refractivity contribution is 0.113. The number of nitrogens with two attached hydrogens (primary N) is 1. The standard InChI is InChI=1S/C22H31FN4OS/c1-15-5-6-17(13-25-15)21(3,4)27-12-11-22(14-27,16(2)26-20(24)28)10-9-18-7-8-19(23)29-18/h5-8,13,16H,9-12,14H2,1-4H3,(H3,24,26,28). The van der Waals surface area contributed by atoms with Crippen LogP contribution < -0.4 is 11.1 Å². The Kier molecular flexibility index (Phi) is 6.29. The van der Waals surface area contributed by atoms with Gasteiger partial charge in [-0.2, -0.15) is 4.39 Å². The summed E-state index contributed by atoms with van der Waals surface area (Å²) >= 11 is 1.20. The summed E-state index contributed by atoms with van der Waals surface area (Å²) in [5, 5.41) is 2.76. The van der Waals surface area contributed by atoms with Crippen LogP contribution in [0.4, 0.5) is 9.18 Å². The quantitative estimate of drug-likeness (QED) is 0.708. The second-order valence-electron chi connectivity index (χ2n) is 8.72. The lowest BCUT2D eigenvalue weighted by Crippen LogP contribution is -2.50. The van der Waals surface area contributed by atoms with Crippen LogP contribution in [0.3, 0.4) is 0 Å². The number of aromatic nitrogens is 1. The summed E-state index contributed by atoms with van der Waals surface area (Å²) < 4.78 is 13.4. The smallest absolute Gasteiger partial charge is 0.312 e. The van der Waals surface area contributed by atoms with Gasteiger partial charge in [0, 0.05) is 40.3 Å². The number of nitrogens with zero attached hydrogens (tertiary/aromatic N) is 2. The molecule has 158 valence electrons. The van der Waals surface area contributed by atoms with E-state index in [9.17, 15) is 9.18 Å². The van der Waals surface area contributed by atoms with Crippen LogP contribution in [0.2, 0.25) is 0 Å². The first-order valence-corrected chi connectivity index (χ1v) is 10.9. The van der Waals surface area contributed by atoms with Crippen molar-refractivity contribution in [3.63, 3.8) is 0 Å². The van der Waals surface area contributed by atoms with E-state index in [-0.39, 0.29) is 22.1 Å². The maximum atomic E-state index is 13.4. The fraction of sp³-hybridized carbons (Fsp3) is 0.545. The third kappa shape index (κ3) is 4.78. The highest BCUT2D eigenvalue weighted by Gasteiger charge is 2.46. The number of pyridine rings is 1. The van der Waals surface area contributed by atoms with Gasteiger partial charge in [0.05, 0.1) is 0 Å². The van der Waals surface area contributed by atoms with Crippen LogP contribution in [-0.4, -0.2) is 35.0 Å². The van der Waals surface area contributed by atoms with Gasteiger partial charge in [-0.1, -0.05) is 6.07 Å². The molecule has 2 atom stereocenters. The number of hydrogen-bond acceptors (Lipinski definition) is 4. The Morgan fingerprint density at radius 2 is 2.17 bits per heavy atom. The minimum absolute atomic E-state index is 0.0678. The zero-order chi connectivity index (χ0) is 21.2. The highest BCUT2D eigenvalue weighted by Crippen LogP contribution is 2.43. The van der Waals surface area contributed by atoms with Gasteiger partial charge in [-0.05, 0) is 77.3 Å². The molecule has 0 bridgehead atoms. The van der Waals surface area contributed by atoms with Gasteiger partial charge in [0.1, 0.15) is 0 Å². The van der Waals surface area contributed by atoms with Crippen LogP contribution >= 0.6 is 11.3 Å². The zero-order valence-corrected chi connectivity index (χ0v) is 18.5. The second-order valence-corrected chi connectivity index (χ2v) is 9.84. The van der Waals surface area contributed by atoms with Gasteiger partial charge in [0.25, 0.3) is 0 Å². The molecule has 0 saturated carbocycles. The summed E-state index contributed by atoms with van der Waals surface area (Å²) in [6.07, 6.45) is 4.56. The van der Waals surface area contributed by atoms with E-state index in [1.807, 2.05) is 32.2 Å². The number of nitrogens with one attached hydrogen (secondary N) is 1. The number of likely N-dealkylation sites (tertiary alicyclic amines) is 1. The van der Waals surface area contributed by atoms with Crippen molar-refractivity contribution in [3.8, 4) is 0 Å². The maximum absolute atomic E-state index is 13.4. The first-order chi connectivity index (χ1) is 13.6. The van der Waals surface area contributed by atoms with Gasteiger partial charge in [-0.25, -0.2) is 4.79 Å². The number of thiophene rings is 1. The molecule has 1 aliphatic rings. The highest BCUT2D eigenvalue weighted by atomic mass is 32.1. The third-order valence-electron chi connectivity index (χ3n) is 6.57. The molecule has 2 aromatic heterocycles. The number of carbonyl (C=O) groups is 1. The molecule has 0 aromatic carbocycles. The van der Waals surface area contributed by atoms with Crippen LogP contribution in [0.1, 0.15) is 49.7 Å². The van der Waals surface area contributed by atoms with E-state index < -0.39 is 6.03 Å². The summed E-state index contributed by atoms with van der Waals surface area (Å²) in [6, 6.07) is 6.99. The average Bonchev–Trinajstić information content (AvgIpc) is 3.27. The van der Waals surface area contributed by atoms with Gasteiger partial charge in [-0.3, -0.25) is 9.88 Å². The molecule has 7 heteroatoms. The molecule has 0 spiro atoms. The largest absolute Gasteiger partial charge is 0.352 e. The minimum Gasteiger partial charge on any atom is -0.352 e. The van der Waals surface area contributed by atoms with Crippen molar-refractivity contribution in [2.24, 2.45) is 11.1 Å². The molecule has 3 heterocycles. The van der Waals surface area contributed by atoms with Crippen LogP contribution in [0.15, 0.2) is 30.5 Å². The van der Waals surface area contributed by atoms with Crippen molar-refractivity contribution < 1.29 is 9.18 Å². The van der Waals surface area contributed by atoms with Crippen molar-refractivity contribution >= 4 is 17.4 Å². The summed E-state index contributed by atoms with van der Waals surface area (Å²) in [6.45, 7) is 10.2. The zero-order valence-electron chi connectivity index (χ0n) is 17.7. The summed E-state index contributed by atoms with van der Waals surface area (Å²) in [5.74, 6) is 0. The molecule has 0 aliphatic carbocycles. The molecule has 3 N–H and O–H groups in total. The predicted molar refractivity (Wildman–Crippen MR) is 115 cm³/mol. The molecule has 29 heavy (non-hydrogen) atoms. The van der Waals surface area contributed by atoms with Crippen LogP contribution in [0, 0.1) is 17.5 Å². The molecule has 3 rings (SSSR count). The van der Waals surface area contributed by atoms with Gasteiger partial charge >= 0.3 is 6.03 Å². The summed E-state index contributed by atoms with van der Waals surface area (Å²) in [4.78, 5) is 19.5. The first kappa shape index (κ1) is 21.7. The Labute approximate surface area is 176 Å². The molecule has 2 amide bonds. The fourth-order valence-electron chi connectivity index (χ4n) is 4.38. The number of halogens is 1. The number of amides is 2. The van der Waals surface area contributed by atoms with E-state index in [1.54, 1.807) is 0 Å². The number of carbonyl (C=O) groups excluding carboxylic acids is 1. The normalized spacial score (nSPS) is 21.3. The van der Waals surface area contributed by atoms with Gasteiger partial charge in [0.15, 0.2) is 5.13 Å². The van der Waals surface area contributed by atoms with E-state index in [0.717, 1.165) is 42.9 Å². The Balaban J connectivity index is 1.81. The Morgan fingerprint density at radius 3 is 2.76 bits per heavy atom. The summed E-state index contributed by atoms with van der Waals surface area (Å²) in [7, 11) is 0. The molecule has 1 saturated heterocycles. The minimum atomic E-state index is -0.500. The molecule has 1 fully saturated rings. The predicted octanol–water partition coefficient (Wildman–Crippen LogP) is 4.21. The molecule has 2 unspecified atom stereocenters. The number of rotatable bonds is 7. The van der Waals surface area contributed by atoms with Crippen LogP contribution in [0.5, 0.6) is 0 Å². The van der Waals surface area contributed by atoms with Crippen molar-refractivity contribution in [2.75, 3.05) is 13.1 Å². The van der Waals surface area contributed by atoms with Gasteiger partial charge < -0.3 is 11.1 Å². The lowest BCUT2D eigenvalue weighted by atomic mass is 9.75. The molecule has 5 nitrogen and oxygen atoms in total. The maximum Gasteiger partial charge on any atom is 0.312 e. The monoisotopic (exact) mass is 418 g/mol. The van der Waals surface area contributed by atoms with Gasteiger partial charge in [0.2, 0.25) is 0 Å². The fourth-order valence-corrected chi connectivity index (χ4v) is 5.11. The topological polar surface area (TPSA) is 71.2 Å². The van der Waals surface area contributed by atoms with Crippen LogP contribution in [-0.2, 0) is 12.0 Å². The first-order valence-electron chi connectivity index (χ1n) is 10.1. The Hall–Kier alpha value is -1.99. The Bertz CT molecular complexity index is 851. The molecule has 2 aromatic rings. The highest BCUT2D eigenvalue weighted by molar-refractivity contribution is 7.10. The second kappa shape index (κ2) is 8.40. The number of hydrogen-bond donors (Lipinski definition) is 2. The SMILES string of the molecule is Cc1ccc(C(C)(C)N2CCC(CCc3ccc(F)s3)(C(C)NC(N)=O)C2)cn1. The number of aryl methyl sites for hydroxylation is 2. The number of urea groups is 1. The van der Waals surface area contributed by atoms with E-state index in [2.05, 4.69) is 35.1 Å². The van der Waals surface area contributed by atoms with E-state index in [4.69, 9.17) is 5.73 Å². The van der Waals surface area contributed by atoms with Crippen molar-refractivity contribution in [3.05, 3.63) is 51.7 Å². The number of primary amides is 1. The van der Waals surface area contributed by atoms with Gasteiger partial charge in [-0.15, -0.1) is 11.3 Å². The molecular formula is C22H31FN4OS. The van der Waals surface area contributed by atoms with Crippen molar-refractivity contribution in [2.45, 2.75) is 58.5 Å². The van der Waals surface area contributed by atoms with E-state index in [1.165, 1.54) is 23.0 Å². The summed E-state index contributed by atoms with van der Waals surface area (Å²) in [5.41, 5.74) is 7.32. The molecular weight excluding hydrogens is 387 g/mol. The lowest BCUT2D eigenvalue weighted by Gasteiger charge is -2.40. The van der Waals surface area contributed by atoms with Crippen LogP contribution in [0.25, 0.3) is 0 Å². The molecule has 0 radical (unpaired) electrons. The van der Waals surface area contributed by atoms with E-state index >= 15 is 0 Å².